The van der Waals surface area contributed by atoms with Crippen LogP contribution in [0.2, 0.25) is 0 Å². The first kappa shape index (κ1) is 18.9. The lowest BCUT2D eigenvalue weighted by molar-refractivity contribution is 0.115. The van der Waals surface area contributed by atoms with Gasteiger partial charge < -0.3 is 14.5 Å². The third-order valence-electron chi connectivity index (χ3n) is 6.09. The number of carbonyl (C=O) groups excluding carboxylic acids is 1. The Hall–Kier alpha value is -3.12. The third kappa shape index (κ3) is 3.71. The second-order valence-electron chi connectivity index (χ2n) is 8.09. The van der Waals surface area contributed by atoms with Gasteiger partial charge in [0, 0.05) is 44.7 Å². The van der Waals surface area contributed by atoms with Crippen LogP contribution in [0, 0.1) is 0 Å². The van der Waals surface area contributed by atoms with Gasteiger partial charge in [-0.1, -0.05) is 36.4 Å². The molecule has 2 saturated heterocycles. The largest absolute Gasteiger partial charge is 0.497 e. The van der Waals surface area contributed by atoms with Crippen molar-refractivity contribution in [1.82, 2.24) is 19.7 Å². The molecule has 0 radical (unpaired) electrons. The number of hydrogen-bond donors (Lipinski definition) is 0. The Kier molecular flexibility index (Phi) is 5.01. The van der Waals surface area contributed by atoms with Crippen molar-refractivity contribution in [2.45, 2.75) is 19.1 Å². The van der Waals surface area contributed by atoms with Crippen molar-refractivity contribution in [3.63, 3.8) is 0 Å². The molecule has 0 bridgehead atoms. The van der Waals surface area contributed by atoms with Gasteiger partial charge in [0.1, 0.15) is 5.75 Å². The molecule has 0 N–H and O–H groups in total. The van der Waals surface area contributed by atoms with E-state index in [0.717, 1.165) is 55.2 Å². The molecular formula is C24H26N4O2. The van der Waals surface area contributed by atoms with Crippen molar-refractivity contribution >= 4 is 16.9 Å². The average molecular weight is 402 g/mol. The second-order valence-corrected chi connectivity index (χ2v) is 8.09. The van der Waals surface area contributed by atoms with Crippen molar-refractivity contribution < 1.29 is 9.53 Å². The molecule has 3 heterocycles. The van der Waals surface area contributed by atoms with E-state index in [1.54, 1.807) is 7.11 Å². The van der Waals surface area contributed by atoms with Crippen molar-refractivity contribution in [2.24, 2.45) is 0 Å². The number of amides is 2. The smallest absolute Gasteiger partial charge is 0.320 e. The molecule has 0 unspecified atom stereocenters. The highest BCUT2D eigenvalue weighted by Gasteiger charge is 2.40. The molecule has 30 heavy (non-hydrogen) atoms. The van der Waals surface area contributed by atoms with E-state index in [2.05, 4.69) is 29.2 Å². The minimum absolute atomic E-state index is 0.152. The van der Waals surface area contributed by atoms with Crippen LogP contribution in [0.1, 0.15) is 11.3 Å². The van der Waals surface area contributed by atoms with Crippen LogP contribution in [0.5, 0.6) is 5.75 Å². The molecule has 154 valence electrons. The van der Waals surface area contributed by atoms with Gasteiger partial charge in [-0.3, -0.25) is 9.88 Å². The van der Waals surface area contributed by atoms with Crippen LogP contribution in [-0.2, 0) is 13.1 Å². The first-order valence-corrected chi connectivity index (χ1v) is 10.4. The number of hydrogen-bond acceptors (Lipinski definition) is 4. The van der Waals surface area contributed by atoms with E-state index >= 15 is 0 Å². The topological polar surface area (TPSA) is 48.9 Å². The molecular weight excluding hydrogens is 376 g/mol. The Morgan fingerprint density at radius 1 is 0.967 bits per heavy atom. The number of pyridine rings is 1. The number of nitrogens with zero attached hydrogens (tertiary/aromatic N) is 4. The van der Waals surface area contributed by atoms with Gasteiger partial charge in [0.15, 0.2) is 0 Å². The second kappa shape index (κ2) is 7.95. The number of aromatic nitrogens is 1. The number of urea groups is 1. The summed E-state index contributed by atoms with van der Waals surface area (Å²) in [5.41, 5.74) is 3.25. The highest BCUT2D eigenvalue weighted by atomic mass is 16.5. The van der Waals surface area contributed by atoms with E-state index in [0.29, 0.717) is 6.54 Å². The molecule has 0 saturated carbocycles. The lowest BCUT2D eigenvalue weighted by Gasteiger charge is -2.36. The van der Waals surface area contributed by atoms with Gasteiger partial charge in [-0.2, -0.15) is 0 Å². The summed E-state index contributed by atoms with van der Waals surface area (Å²) in [6.45, 7) is 4.78. The van der Waals surface area contributed by atoms with Gasteiger partial charge in [0.2, 0.25) is 0 Å². The number of rotatable bonds is 5. The molecule has 2 aliphatic rings. The van der Waals surface area contributed by atoms with E-state index in [9.17, 15) is 4.79 Å². The summed E-state index contributed by atoms with van der Waals surface area (Å²) in [6, 6.07) is 20.8. The van der Waals surface area contributed by atoms with Crippen molar-refractivity contribution in [1.29, 1.82) is 0 Å². The zero-order valence-electron chi connectivity index (χ0n) is 17.2. The maximum absolute atomic E-state index is 12.9. The standard InChI is InChI=1S/C24H26N4O2/c1-30-22-10-6-18(7-11-22)14-27-17-21-16-26(12-13-28(21)24(27)29)15-20-9-8-19-4-2-3-5-23(19)25-20/h2-11,21H,12-17H2,1H3/t21-/m1/s1. The molecule has 6 nitrogen and oxygen atoms in total. The predicted molar refractivity (Wildman–Crippen MR) is 116 cm³/mol. The SMILES string of the molecule is COc1ccc(CN2C[C@H]3CN(Cc4ccc5ccccc5n4)CCN3C2=O)cc1. The fourth-order valence-electron chi connectivity index (χ4n) is 4.49. The number of carbonyl (C=O) groups is 1. The van der Waals surface area contributed by atoms with Gasteiger partial charge >= 0.3 is 6.03 Å². The average Bonchev–Trinajstić information content (AvgIpc) is 3.09. The fraction of sp³-hybridized carbons (Fsp3) is 0.333. The number of para-hydroxylation sites is 1. The Morgan fingerprint density at radius 2 is 1.80 bits per heavy atom. The molecule has 3 aromatic rings. The maximum Gasteiger partial charge on any atom is 0.320 e. The Morgan fingerprint density at radius 3 is 2.63 bits per heavy atom. The van der Waals surface area contributed by atoms with E-state index < -0.39 is 0 Å². The molecule has 2 fully saturated rings. The van der Waals surface area contributed by atoms with Gasteiger partial charge in [0.25, 0.3) is 0 Å². The van der Waals surface area contributed by atoms with E-state index in [-0.39, 0.29) is 12.1 Å². The Bertz CT molecular complexity index is 1050. The zero-order valence-corrected chi connectivity index (χ0v) is 17.2. The molecule has 1 aromatic heterocycles. The molecule has 0 spiro atoms. The fourth-order valence-corrected chi connectivity index (χ4v) is 4.49. The van der Waals surface area contributed by atoms with Crippen molar-refractivity contribution in [3.8, 4) is 5.75 Å². The summed E-state index contributed by atoms with van der Waals surface area (Å²) in [5.74, 6) is 0.835. The van der Waals surface area contributed by atoms with Gasteiger partial charge in [-0.25, -0.2) is 4.79 Å². The lowest BCUT2D eigenvalue weighted by Crippen LogP contribution is -2.51. The summed E-state index contributed by atoms with van der Waals surface area (Å²) in [5, 5.41) is 1.17. The molecule has 1 atom stereocenters. The lowest BCUT2D eigenvalue weighted by atomic mass is 10.1. The number of piperazine rings is 1. The minimum atomic E-state index is 0.152. The van der Waals surface area contributed by atoms with Crippen LogP contribution in [0.15, 0.2) is 60.7 Å². The van der Waals surface area contributed by atoms with E-state index in [1.165, 1.54) is 5.39 Å². The van der Waals surface area contributed by atoms with Crippen LogP contribution in [-0.4, -0.2) is 65.0 Å². The van der Waals surface area contributed by atoms with Gasteiger partial charge in [-0.15, -0.1) is 0 Å². The molecule has 2 amide bonds. The summed E-state index contributed by atoms with van der Waals surface area (Å²) in [7, 11) is 1.66. The minimum Gasteiger partial charge on any atom is -0.497 e. The predicted octanol–water partition coefficient (Wildman–Crippen LogP) is 3.37. The van der Waals surface area contributed by atoms with Crippen LogP contribution >= 0.6 is 0 Å². The molecule has 2 aliphatic heterocycles. The number of benzene rings is 2. The van der Waals surface area contributed by atoms with Crippen LogP contribution in [0.3, 0.4) is 0 Å². The van der Waals surface area contributed by atoms with Crippen LogP contribution < -0.4 is 4.74 Å². The van der Waals surface area contributed by atoms with E-state index in [1.807, 2.05) is 46.2 Å². The third-order valence-corrected chi connectivity index (χ3v) is 6.09. The van der Waals surface area contributed by atoms with Crippen molar-refractivity contribution in [2.75, 3.05) is 33.3 Å². The van der Waals surface area contributed by atoms with Gasteiger partial charge in [-0.05, 0) is 29.8 Å². The van der Waals surface area contributed by atoms with E-state index in [4.69, 9.17) is 9.72 Å². The molecule has 2 aromatic carbocycles. The highest BCUT2D eigenvalue weighted by Crippen LogP contribution is 2.24. The first-order chi connectivity index (χ1) is 14.7. The Balaban J connectivity index is 1.23. The summed E-state index contributed by atoms with van der Waals surface area (Å²) in [6.07, 6.45) is 0. The molecule has 6 heteroatoms. The van der Waals surface area contributed by atoms with Crippen LogP contribution in [0.4, 0.5) is 4.79 Å². The normalized spacial score (nSPS) is 19.4. The van der Waals surface area contributed by atoms with Gasteiger partial charge in [0.05, 0.1) is 24.4 Å². The monoisotopic (exact) mass is 402 g/mol. The summed E-state index contributed by atoms with van der Waals surface area (Å²) >= 11 is 0. The number of fused-ring (bicyclic) bond motifs is 2. The first-order valence-electron chi connectivity index (χ1n) is 10.4. The maximum atomic E-state index is 12.9. The number of ether oxygens (including phenoxy) is 1. The summed E-state index contributed by atoms with van der Waals surface area (Å²) in [4.78, 5) is 24.1. The summed E-state index contributed by atoms with van der Waals surface area (Å²) < 4.78 is 5.22. The highest BCUT2D eigenvalue weighted by molar-refractivity contribution is 5.78. The zero-order chi connectivity index (χ0) is 20.5. The quantitative estimate of drug-likeness (QED) is 0.657. The van der Waals surface area contributed by atoms with Crippen molar-refractivity contribution in [3.05, 3.63) is 71.9 Å². The Labute approximate surface area is 176 Å². The molecule has 5 rings (SSSR count). The number of methoxy groups -OCH3 is 1. The van der Waals surface area contributed by atoms with Crippen LogP contribution in [0.25, 0.3) is 10.9 Å². The molecule has 0 aliphatic carbocycles.